The number of carbonyl (C=O) groups excluding carboxylic acids is 1. The number of amides is 1. The van der Waals surface area contributed by atoms with Gasteiger partial charge < -0.3 is 19.4 Å². The summed E-state index contributed by atoms with van der Waals surface area (Å²) >= 11 is 0. The second-order valence-electron chi connectivity index (χ2n) is 8.60. The van der Waals surface area contributed by atoms with Crippen LogP contribution in [0.4, 0.5) is 4.79 Å². The maximum absolute atomic E-state index is 12.0. The molecule has 0 aliphatic carbocycles. The molecule has 1 aliphatic rings. The van der Waals surface area contributed by atoms with Crippen LogP contribution in [0, 0.1) is 0 Å². The standard InChI is InChI=1S/C17H29BN3O4/c1-15(2,3)24-14(22)20-10-13(11-20)21-9-12(8-19-21)18-25-17(6,7)16(4,5)23/h8-9,13,23H,10-11H2,1-7H3. The van der Waals surface area contributed by atoms with Crippen LogP contribution >= 0.6 is 0 Å². The normalized spacial score (nSPS) is 16.6. The number of hydrogen-bond donors (Lipinski definition) is 1. The van der Waals surface area contributed by atoms with E-state index in [1.54, 1.807) is 32.4 Å². The minimum atomic E-state index is -0.971. The van der Waals surface area contributed by atoms with Gasteiger partial charge in [-0.05, 0) is 53.9 Å². The maximum atomic E-state index is 12.0. The lowest BCUT2D eigenvalue weighted by Gasteiger charge is -2.39. The van der Waals surface area contributed by atoms with E-state index >= 15 is 0 Å². The van der Waals surface area contributed by atoms with Gasteiger partial charge in [0, 0.05) is 25.5 Å². The summed E-state index contributed by atoms with van der Waals surface area (Å²) in [6.07, 6.45) is 3.28. The second kappa shape index (κ2) is 6.65. The fraction of sp³-hybridized carbons (Fsp3) is 0.765. The molecular weight excluding hydrogens is 321 g/mol. The summed E-state index contributed by atoms with van der Waals surface area (Å²) in [5, 5.41) is 14.4. The number of rotatable bonds is 5. The molecule has 0 bridgehead atoms. The van der Waals surface area contributed by atoms with Gasteiger partial charge in [-0.3, -0.25) is 4.68 Å². The van der Waals surface area contributed by atoms with Gasteiger partial charge in [0.25, 0.3) is 0 Å². The van der Waals surface area contributed by atoms with Crippen molar-refractivity contribution in [3.8, 4) is 0 Å². The minimum absolute atomic E-state index is 0.136. The van der Waals surface area contributed by atoms with E-state index in [9.17, 15) is 9.90 Å². The number of carbonyl (C=O) groups is 1. The highest BCUT2D eigenvalue weighted by molar-refractivity contribution is 6.46. The molecule has 25 heavy (non-hydrogen) atoms. The molecule has 0 saturated carbocycles. The molecule has 2 rings (SSSR count). The van der Waals surface area contributed by atoms with E-state index in [0.717, 1.165) is 5.46 Å². The van der Waals surface area contributed by atoms with Crippen LogP contribution in [0.3, 0.4) is 0 Å². The molecule has 0 spiro atoms. The predicted octanol–water partition coefficient (Wildman–Crippen LogP) is 1.49. The van der Waals surface area contributed by atoms with Crippen molar-refractivity contribution in [1.82, 2.24) is 14.7 Å². The summed E-state index contributed by atoms with van der Waals surface area (Å²) in [4.78, 5) is 13.6. The molecule has 0 aromatic carbocycles. The van der Waals surface area contributed by atoms with Gasteiger partial charge in [-0.2, -0.15) is 5.10 Å². The number of hydrogen-bond acceptors (Lipinski definition) is 5. The lowest BCUT2D eigenvalue weighted by molar-refractivity contribution is -0.0893. The molecule has 1 saturated heterocycles. The molecular formula is C17H29BN3O4. The first-order valence-electron chi connectivity index (χ1n) is 8.54. The number of aliphatic hydroxyl groups is 1. The highest BCUT2D eigenvalue weighted by Crippen LogP contribution is 2.25. The summed E-state index contributed by atoms with van der Waals surface area (Å²) in [5.41, 5.74) is -1.37. The van der Waals surface area contributed by atoms with E-state index in [1.165, 1.54) is 0 Å². The van der Waals surface area contributed by atoms with Crippen molar-refractivity contribution in [3.63, 3.8) is 0 Å². The third-order valence-electron chi connectivity index (χ3n) is 4.47. The van der Waals surface area contributed by atoms with E-state index in [4.69, 9.17) is 9.39 Å². The lowest BCUT2D eigenvalue weighted by atomic mass is 9.84. The molecule has 1 amide bonds. The van der Waals surface area contributed by atoms with E-state index in [-0.39, 0.29) is 12.1 Å². The van der Waals surface area contributed by atoms with Gasteiger partial charge in [-0.25, -0.2) is 4.79 Å². The van der Waals surface area contributed by atoms with Gasteiger partial charge in [-0.1, -0.05) is 0 Å². The fourth-order valence-corrected chi connectivity index (χ4v) is 2.07. The zero-order chi connectivity index (χ0) is 19.0. The molecule has 1 radical (unpaired) electrons. The largest absolute Gasteiger partial charge is 0.444 e. The Bertz CT molecular complexity index is 610. The van der Waals surface area contributed by atoms with Crippen molar-refractivity contribution in [2.75, 3.05) is 13.1 Å². The first-order chi connectivity index (χ1) is 11.3. The van der Waals surface area contributed by atoms with Crippen LogP contribution in [0.2, 0.25) is 0 Å². The summed E-state index contributed by atoms with van der Waals surface area (Å²) in [6, 6.07) is 0.136. The van der Waals surface area contributed by atoms with Crippen LogP contribution in [0.25, 0.3) is 0 Å². The smallest absolute Gasteiger partial charge is 0.410 e. The van der Waals surface area contributed by atoms with Crippen LogP contribution in [-0.2, 0) is 9.39 Å². The molecule has 1 aliphatic heterocycles. The van der Waals surface area contributed by atoms with E-state index in [2.05, 4.69) is 5.10 Å². The molecule has 7 nitrogen and oxygen atoms in total. The number of aromatic nitrogens is 2. The summed E-state index contributed by atoms with van der Waals surface area (Å²) < 4.78 is 12.9. The van der Waals surface area contributed by atoms with Gasteiger partial charge in [0.05, 0.1) is 17.2 Å². The first-order valence-corrected chi connectivity index (χ1v) is 8.54. The highest BCUT2D eigenvalue weighted by atomic mass is 16.6. The number of nitrogens with zero attached hydrogens (tertiary/aromatic N) is 3. The summed E-state index contributed by atoms with van der Waals surface area (Å²) in [6.45, 7) is 13.8. The molecule has 139 valence electrons. The zero-order valence-corrected chi connectivity index (χ0v) is 16.2. The van der Waals surface area contributed by atoms with E-state index < -0.39 is 16.8 Å². The monoisotopic (exact) mass is 350 g/mol. The van der Waals surface area contributed by atoms with Crippen molar-refractivity contribution in [2.24, 2.45) is 0 Å². The van der Waals surface area contributed by atoms with Crippen molar-refractivity contribution >= 4 is 19.0 Å². The molecule has 0 atom stereocenters. The van der Waals surface area contributed by atoms with Crippen molar-refractivity contribution in [3.05, 3.63) is 12.4 Å². The molecule has 2 heterocycles. The quantitative estimate of drug-likeness (QED) is 0.814. The minimum Gasteiger partial charge on any atom is -0.444 e. The number of ether oxygens (including phenoxy) is 1. The van der Waals surface area contributed by atoms with E-state index in [0.29, 0.717) is 13.1 Å². The average Bonchev–Trinajstić information content (AvgIpc) is 2.79. The topological polar surface area (TPSA) is 76.8 Å². The Balaban J connectivity index is 1.84. The Morgan fingerprint density at radius 2 is 1.84 bits per heavy atom. The van der Waals surface area contributed by atoms with Gasteiger partial charge in [0.15, 0.2) is 0 Å². The Hall–Kier alpha value is -1.54. The third-order valence-corrected chi connectivity index (χ3v) is 4.47. The maximum Gasteiger partial charge on any atom is 0.410 e. The second-order valence-corrected chi connectivity index (χ2v) is 8.60. The van der Waals surface area contributed by atoms with Gasteiger partial charge in [0.2, 0.25) is 0 Å². The number of likely N-dealkylation sites (tertiary alicyclic amines) is 1. The van der Waals surface area contributed by atoms with Gasteiger partial charge >= 0.3 is 13.6 Å². The zero-order valence-electron chi connectivity index (χ0n) is 16.2. The van der Waals surface area contributed by atoms with Crippen molar-refractivity contribution in [2.45, 2.75) is 71.3 Å². The molecule has 0 unspecified atom stereocenters. The lowest BCUT2D eigenvalue weighted by Crippen LogP contribution is -2.52. The van der Waals surface area contributed by atoms with Crippen LogP contribution in [-0.4, -0.2) is 63.3 Å². The van der Waals surface area contributed by atoms with Crippen molar-refractivity contribution in [1.29, 1.82) is 0 Å². The molecule has 1 aromatic rings. The fourth-order valence-electron chi connectivity index (χ4n) is 2.07. The predicted molar refractivity (Wildman–Crippen MR) is 95.9 cm³/mol. The Kier molecular flexibility index (Phi) is 5.26. The molecule has 1 aromatic heterocycles. The van der Waals surface area contributed by atoms with Crippen LogP contribution in [0.5, 0.6) is 0 Å². The van der Waals surface area contributed by atoms with Crippen LogP contribution in [0.15, 0.2) is 12.4 Å². The molecule has 8 heteroatoms. The Morgan fingerprint density at radius 1 is 1.24 bits per heavy atom. The third kappa shape index (κ3) is 4.98. The van der Waals surface area contributed by atoms with Gasteiger partial charge in [0.1, 0.15) is 5.60 Å². The Labute approximate surface area is 150 Å². The summed E-state index contributed by atoms with van der Waals surface area (Å²) in [5.74, 6) is 0. The van der Waals surface area contributed by atoms with Crippen molar-refractivity contribution < 1.29 is 19.3 Å². The van der Waals surface area contributed by atoms with E-state index in [1.807, 2.05) is 45.5 Å². The van der Waals surface area contributed by atoms with Crippen LogP contribution < -0.4 is 5.46 Å². The summed E-state index contributed by atoms with van der Waals surface area (Å²) in [7, 11) is 1.60. The first kappa shape index (κ1) is 19.8. The SMILES string of the molecule is CC(C)(C)OC(=O)N1CC(n2cc([B]OC(C)(C)C(C)(C)O)cn2)C1. The highest BCUT2D eigenvalue weighted by Gasteiger charge is 2.37. The van der Waals surface area contributed by atoms with Gasteiger partial charge in [-0.15, -0.1) is 0 Å². The molecule has 1 fully saturated rings. The molecule has 1 N–H and O–H groups in total. The Morgan fingerprint density at radius 3 is 2.36 bits per heavy atom. The average molecular weight is 350 g/mol. The van der Waals surface area contributed by atoms with Crippen LogP contribution in [0.1, 0.15) is 54.5 Å².